The second-order valence-corrected chi connectivity index (χ2v) is 7.39. The van der Waals surface area contributed by atoms with Gasteiger partial charge in [0.25, 0.3) is 0 Å². The van der Waals surface area contributed by atoms with Crippen molar-refractivity contribution >= 4 is 16.9 Å². The number of fused-ring (bicyclic) bond motifs is 1. The SMILES string of the molecule is CCc1nc2ccccc2n1C1CCN(c2ccnc(C(C)C)n2)CC1. The Kier molecular flexibility index (Phi) is 4.62. The van der Waals surface area contributed by atoms with Crippen molar-refractivity contribution in [3.63, 3.8) is 0 Å². The maximum atomic E-state index is 4.84. The Hall–Kier alpha value is -2.43. The van der Waals surface area contributed by atoms with Crippen LogP contribution in [-0.2, 0) is 6.42 Å². The van der Waals surface area contributed by atoms with Gasteiger partial charge in [0.1, 0.15) is 17.5 Å². The van der Waals surface area contributed by atoms with E-state index in [9.17, 15) is 0 Å². The van der Waals surface area contributed by atoms with Gasteiger partial charge in [-0.25, -0.2) is 15.0 Å². The van der Waals surface area contributed by atoms with Crippen LogP contribution in [0, 0.1) is 0 Å². The maximum Gasteiger partial charge on any atom is 0.133 e. The molecule has 1 aromatic carbocycles. The molecular formula is C21H27N5. The number of benzene rings is 1. The third-order valence-electron chi connectivity index (χ3n) is 5.31. The summed E-state index contributed by atoms with van der Waals surface area (Å²) < 4.78 is 2.48. The van der Waals surface area contributed by atoms with Gasteiger partial charge in [-0.1, -0.05) is 32.9 Å². The first-order valence-corrected chi connectivity index (χ1v) is 9.71. The van der Waals surface area contributed by atoms with Crippen LogP contribution in [-0.4, -0.2) is 32.6 Å². The van der Waals surface area contributed by atoms with Crippen LogP contribution in [0.5, 0.6) is 0 Å². The Labute approximate surface area is 155 Å². The van der Waals surface area contributed by atoms with E-state index in [0.29, 0.717) is 12.0 Å². The molecule has 2 aromatic heterocycles. The monoisotopic (exact) mass is 349 g/mol. The van der Waals surface area contributed by atoms with E-state index in [2.05, 4.69) is 59.5 Å². The number of aromatic nitrogens is 4. The lowest BCUT2D eigenvalue weighted by atomic mass is 10.0. The molecule has 0 radical (unpaired) electrons. The summed E-state index contributed by atoms with van der Waals surface area (Å²) in [6.45, 7) is 8.52. The van der Waals surface area contributed by atoms with Crippen molar-refractivity contribution in [2.45, 2.75) is 52.0 Å². The highest BCUT2D eigenvalue weighted by Gasteiger charge is 2.25. The van der Waals surface area contributed by atoms with E-state index in [0.717, 1.165) is 49.5 Å². The number of imidazole rings is 1. The Morgan fingerprint density at radius 2 is 1.85 bits per heavy atom. The van der Waals surface area contributed by atoms with E-state index in [1.165, 1.54) is 11.3 Å². The van der Waals surface area contributed by atoms with E-state index in [1.54, 1.807) is 0 Å². The summed E-state index contributed by atoms with van der Waals surface area (Å²) in [7, 11) is 0. The van der Waals surface area contributed by atoms with Crippen LogP contribution in [0.25, 0.3) is 11.0 Å². The van der Waals surface area contributed by atoms with E-state index in [4.69, 9.17) is 9.97 Å². The molecule has 1 aliphatic rings. The topological polar surface area (TPSA) is 46.8 Å². The number of hydrogen-bond donors (Lipinski definition) is 0. The average Bonchev–Trinajstić information content (AvgIpc) is 3.07. The molecular weight excluding hydrogens is 322 g/mol. The zero-order chi connectivity index (χ0) is 18.1. The van der Waals surface area contributed by atoms with Crippen molar-refractivity contribution in [3.05, 3.63) is 48.2 Å². The van der Waals surface area contributed by atoms with E-state index in [1.807, 2.05) is 12.3 Å². The number of piperidine rings is 1. The Morgan fingerprint density at radius 1 is 1.08 bits per heavy atom. The fourth-order valence-corrected chi connectivity index (χ4v) is 3.92. The fraction of sp³-hybridized carbons (Fsp3) is 0.476. The molecule has 5 nitrogen and oxygen atoms in total. The van der Waals surface area contributed by atoms with Crippen molar-refractivity contribution in [2.24, 2.45) is 0 Å². The van der Waals surface area contributed by atoms with Crippen LogP contribution in [0.4, 0.5) is 5.82 Å². The van der Waals surface area contributed by atoms with Gasteiger partial charge < -0.3 is 9.47 Å². The minimum atomic E-state index is 0.358. The van der Waals surface area contributed by atoms with Gasteiger partial charge in [-0.05, 0) is 31.0 Å². The summed E-state index contributed by atoms with van der Waals surface area (Å²) in [4.78, 5) is 16.4. The highest BCUT2D eigenvalue weighted by atomic mass is 15.2. The smallest absolute Gasteiger partial charge is 0.133 e. The number of para-hydroxylation sites is 2. The number of rotatable bonds is 4. The second-order valence-electron chi connectivity index (χ2n) is 7.39. The molecule has 0 unspecified atom stereocenters. The fourth-order valence-electron chi connectivity index (χ4n) is 3.92. The highest BCUT2D eigenvalue weighted by Crippen LogP contribution is 2.30. The standard InChI is InChI=1S/C21H27N5/c1-4-19-23-17-7-5-6-8-18(17)26(19)16-10-13-25(14-11-16)20-9-12-22-21(24-20)15(2)3/h5-9,12,15-16H,4,10-11,13-14H2,1-3H3. The predicted octanol–water partition coefficient (Wildman–Crippen LogP) is 4.35. The molecule has 0 saturated carbocycles. The molecule has 26 heavy (non-hydrogen) atoms. The lowest BCUT2D eigenvalue weighted by Crippen LogP contribution is -2.35. The van der Waals surface area contributed by atoms with Crippen molar-refractivity contribution < 1.29 is 0 Å². The molecule has 1 aliphatic heterocycles. The van der Waals surface area contributed by atoms with Crippen LogP contribution in [0.2, 0.25) is 0 Å². The van der Waals surface area contributed by atoms with Gasteiger partial charge in [0.15, 0.2) is 0 Å². The number of aryl methyl sites for hydroxylation is 1. The highest BCUT2D eigenvalue weighted by molar-refractivity contribution is 5.76. The van der Waals surface area contributed by atoms with Gasteiger partial charge in [-0.15, -0.1) is 0 Å². The normalized spacial score (nSPS) is 15.9. The summed E-state index contributed by atoms with van der Waals surface area (Å²) in [6.07, 6.45) is 5.10. The average molecular weight is 349 g/mol. The van der Waals surface area contributed by atoms with E-state index in [-0.39, 0.29) is 0 Å². The van der Waals surface area contributed by atoms with Crippen molar-refractivity contribution in [2.75, 3.05) is 18.0 Å². The molecule has 0 aliphatic carbocycles. The molecule has 0 spiro atoms. The molecule has 0 N–H and O–H groups in total. The molecule has 3 heterocycles. The van der Waals surface area contributed by atoms with E-state index < -0.39 is 0 Å². The Balaban J connectivity index is 1.55. The van der Waals surface area contributed by atoms with Crippen molar-refractivity contribution in [1.29, 1.82) is 0 Å². The number of nitrogens with zero attached hydrogens (tertiary/aromatic N) is 5. The lowest BCUT2D eigenvalue weighted by Gasteiger charge is -2.34. The van der Waals surface area contributed by atoms with E-state index >= 15 is 0 Å². The van der Waals surface area contributed by atoms with Crippen molar-refractivity contribution in [3.8, 4) is 0 Å². The second kappa shape index (κ2) is 7.06. The molecule has 0 bridgehead atoms. The largest absolute Gasteiger partial charge is 0.356 e. The molecule has 4 rings (SSSR count). The maximum absolute atomic E-state index is 4.84. The van der Waals surface area contributed by atoms with Gasteiger partial charge in [0.05, 0.1) is 11.0 Å². The summed E-state index contributed by atoms with van der Waals surface area (Å²) >= 11 is 0. The van der Waals surface area contributed by atoms with Crippen LogP contribution in [0.3, 0.4) is 0 Å². The minimum absolute atomic E-state index is 0.358. The summed E-state index contributed by atoms with van der Waals surface area (Å²) in [5.74, 6) is 3.55. The molecule has 0 amide bonds. The first-order valence-electron chi connectivity index (χ1n) is 9.71. The summed E-state index contributed by atoms with van der Waals surface area (Å²) in [6, 6.07) is 11.1. The van der Waals surface area contributed by atoms with Crippen LogP contribution in [0.1, 0.15) is 57.2 Å². The lowest BCUT2D eigenvalue weighted by molar-refractivity contribution is 0.393. The minimum Gasteiger partial charge on any atom is -0.356 e. The summed E-state index contributed by atoms with van der Waals surface area (Å²) in [5.41, 5.74) is 2.39. The molecule has 5 heteroatoms. The van der Waals surface area contributed by atoms with Gasteiger partial charge in [0, 0.05) is 37.7 Å². The van der Waals surface area contributed by atoms with Gasteiger partial charge >= 0.3 is 0 Å². The molecule has 136 valence electrons. The molecule has 3 aromatic rings. The third-order valence-corrected chi connectivity index (χ3v) is 5.31. The van der Waals surface area contributed by atoms with Crippen molar-refractivity contribution in [1.82, 2.24) is 19.5 Å². The molecule has 1 saturated heterocycles. The number of hydrogen-bond acceptors (Lipinski definition) is 4. The number of anilines is 1. The first kappa shape index (κ1) is 17.0. The summed E-state index contributed by atoms with van der Waals surface area (Å²) in [5, 5.41) is 0. The Morgan fingerprint density at radius 3 is 2.58 bits per heavy atom. The van der Waals surface area contributed by atoms with Crippen LogP contribution in [0.15, 0.2) is 36.5 Å². The van der Waals surface area contributed by atoms with Gasteiger partial charge in [-0.2, -0.15) is 0 Å². The first-order chi connectivity index (χ1) is 12.7. The van der Waals surface area contributed by atoms with Crippen LogP contribution >= 0.6 is 0 Å². The van der Waals surface area contributed by atoms with Gasteiger partial charge in [-0.3, -0.25) is 0 Å². The zero-order valence-corrected chi connectivity index (χ0v) is 15.9. The molecule has 1 fully saturated rings. The zero-order valence-electron chi connectivity index (χ0n) is 15.9. The third kappa shape index (κ3) is 3.06. The predicted molar refractivity (Wildman–Crippen MR) is 106 cm³/mol. The Bertz CT molecular complexity index is 890. The molecule has 0 atom stereocenters. The van der Waals surface area contributed by atoms with Gasteiger partial charge in [0.2, 0.25) is 0 Å². The van der Waals surface area contributed by atoms with Crippen LogP contribution < -0.4 is 4.90 Å². The quantitative estimate of drug-likeness (QED) is 0.702.